The number of hydrogen-bond acceptors (Lipinski definition) is 3. The molecular formula is C9H18N2OS. The molecule has 0 bridgehead atoms. The maximum absolute atomic E-state index is 11.5. The third kappa shape index (κ3) is 2.88. The van der Waals surface area contributed by atoms with Crippen molar-refractivity contribution >= 4 is 17.7 Å². The van der Waals surface area contributed by atoms with E-state index in [4.69, 9.17) is 5.73 Å². The van der Waals surface area contributed by atoms with Crippen molar-refractivity contribution in [2.24, 2.45) is 11.7 Å². The van der Waals surface area contributed by atoms with Gasteiger partial charge in [0.25, 0.3) is 0 Å². The molecule has 0 aromatic heterocycles. The topological polar surface area (TPSA) is 46.3 Å². The van der Waals surface area contributed by atoms with Gasteiger partial charge >= 0.3 is 0 Å². The minimum Gasteiger partial charge on any atom is -0.342 e. The van der Waals surface area contributed by atoms with Gasteiger partial charge in [-0.2, -0.15) is 11.8 Å². The van der Waals surface area contributed by atoms with Crippen LogP contribution in [-0.2, 0) is 4.79 Å². The van der Waals surface area contributed by atoms with Crippen molar-refractivity contribution in [1.29, 1.82) is 0 Å². The summed E-state index contributed by atoms with van der Waals surface area (Å²) in [6, 6.07) is 0.276. The maximum atomic E-state index is 11.5. The molecular weight excluding hydrogens is 184 g/mol. The van der Waals surface area contributed by atoms with Gasteiger partial charge < -0.3 is 10.6 Å². The third-order valence-corrected chi connectivity index (χ3v) is 3.13. The van der Waals surface area contributed by atoms with Gasteiger partial charge in [0.05, 0.1) is 5.75 Å². The standard InChI is InChI=1S/C9H18N2OS/c1-7-5-11(4-3-8(7)10)9(12)6-13-2/h7-8H,3-6,10H2,1-2H3. The lowest BCUT2D eigenvalue weighted by Gasteiger charge is -2.35. The lowest BCUT2D eigenvalue weighted by atomic mass is 9.95. The minimum absolute atomic E-state index is 0.256. The van der Waals surface area contributed by atoms with E-state index in [9.17, 15) is 4.79 Å². The summed E-state index contributed by atoms with van der Waals surface area (Å²) in [7, 11) is 0. The number of rotatable bonds is 2. The number of amides is 1. The molecule has 1 saturated heterocycles. The molecule has 2 unspecified atom stereocenters. The summed E-state index contributed by atoms with van der Waals surface area (Å²) in [5.41, 5.74) is 5.87. The van der Waals surface area contributed by atoms with Crippen LogP contribution in [0.25, 0.3) is 0 Å². The van der Waals surface area contributed by atoms with Crippen molar-refractivity contribution in [1.82, 2.24) is 4.90 Å². The van der Waals surface area contributed by atoms with Crippen molar-refractivity contribution in [3.05, 3.63) is 0 Å². The molecule has 1 amide bonds. The van der Waals surface area contributed by atoms with E-state index in [1.54, 1.807) is 11.8 Å². The van der Waals surface area contributed by atoms with Crippen LogP contribution in [0.3, 0.4) is 0 Å². The van der Waals surface area contributed by atoms with Crippen LogP contribution in [0.5, 0.6) is 0 Å². The predicted octanol–water partition coefficient (Wildman–Crippen LogP) is 0.545. The van der Waals surface area contributed by atoms with Crippen molar-refractivity contribution < 1.29 is 4.79 Å². The van der Waals surface area contributed by atoms with E-state index in [-0.39, 0.29) is 11.9 Å². The van der Waals surface area contributed by atoms with E-state index in [2.05, 4.69) is 6.92 Å². The second-order valence-corrected chi connectivity index (χ2v) is 4.57. The van der Waals surface area contributed by atoms with Gasteiger partial charge in [-0.3, -0.25) is 4.79 Å². The average Bonchev–Trinajstić information content (AvgIpc) is 2.10. The smallest absolute Gasteiger partial charge is 0.232 e. The molecule has 2 atom stereocenters. The quantitative estimate of drug-likeness (QED) is 0.711. The lowest BCUT2D eigenvalue weighted by molar-refractivity contribution is -0.130. The first-order valence-corrected chi connectivity index (χ1v) is 6.07. The molecule has 0 aromatic carbocycles. The second-order valence-electron chi connectivity index (χ2n) is 3.70. The minimum atomic E-state index is 0.256. The summed E-state index contributed by atoms with van der Waals surface area (Å²) >= 11 is 1.58. The Labute approximate surface area is 84.0 Å². The number of thioether (sulfide) groups is 1. The molecule has 1 heterocycles. The van der Waals surface area contributed by atoms with Gasteiger partial charge in [-0.15, -0.1) is 0 Å². The highest BCUT2D eigenvalue weighted by Crippen LogP contribution is 2.15. The number of nitrogens with two attached hydrogens (primary N) is 1. The molecule has 0 spiro atoms. The van der Waals surface area contributed by atoms with Crippen LogP contribution in [0, 0.1) is 5.92 Å². The Morgan fingerprint density at radius 1 is 1.69 bits per heavy atom. The van der Waals surface area contributed by atoms with E-state index in [1.807, 2.05) is 11.2 Å². The van der Waals surface area contributed by atoms with Crippen LogP contribution < -0.4 is 5.73 Å². The number of piperidine rings is 1. The Kier molecular flexibility index (Phi) is 4.06. The zero-order valence-electron chi connectivity index (χ0n) is 8.32. The van der Waals surface area contributed by atoms with E-state index in [0.29, 0.717) is 11.7 Å². The van der Waals surface area contributed by atoms with Gasteiger partial charge in [-0.05, 0) is 18.6 Å². The molecule has 1 aliphatic heterocycles. The van der Waals surface area contributed by atoms with Crippen LogP contribution in [0.4, 0.5) is 0 Å². The molecule has 0 aromatic rings. The zero-order chi connectivity index (χ0) is 9.84. The number of nitrogens with zero attached hydrogens (tertiary/aromatic N) is 1. The summed E-state index contributed by atoms with van der Waals surface area (Å²) in [5, 5.41) is 0. The molecule has 13 heavy (non-hydrogen) atoms. The fourth-order valence-electron chi connectivity index (χ4n) is 1.61. The Morgan fingerprint density at radius 3 is 2.92 bits per heavy atom. The van der Waals surface area contributed by atoms with E-state index < -0.39 is 0 Å². The van der Waals surface area contributed by atoms with Crippen LogP contribution in [0.1, 0.15) is 13.3 Å². The van der Waals surface area contributed by atoms with Crippen molar-refractivity contribution in [3.8, 4) is 0 Å². The van der Waals surface area contributed by atoms with Crippen LogP contribution in [-0.4, -0.2) is 41.9 Å². The number of carbonyl (C=O) groups is 1. The highest BCUT2D eigenvalue weighted by molar-refractivity contribution is 7.99. The van der Waals surface area contributed by atoms with Crippen molar-refractivity contribution in [2.45, 2.75) is 19.4 Å². The summed E-state index contributed by atoms with van der Waals surface area (Å²) < 4.78 is 0. The SMILES string of the molecule is CSCC(=O)N1CCC(N)C(C)C1. The first kappa shape index (κ1) is 10.9. The molecule has 76 valence electrons. The first-order chi connectivity index (χ1) is 6.15. The summed E-state index contributed by atoms with van der Waals surface area (Å²) in [6.07, 6.45) is 2.90. The Balaban J connectivity index is 2.40. The van der Waals surface area contributed by atoms with Gasteiger partial charge in [-0.1, -0.05) is 6.92 Å². The Morgan fingerprint density at radius 2 is 2.38 bits per heavy atom. The van der Waals surface area contributed by atoms with Gasteiger partial charge in [0.15, 0.2) is 0 Å². The van der Waals surface area contributed by atoms with Gasteiger partial charge in [0, 0.05) is 19.1 Å². The zero-order valence-corrected chi connectivity index (χ0v) is 9.14. The molecule has 0 aliphatic carbocycles. The number of likely N-dealkylation sites (tertiary alicyclic amines) is 1. The van der Waals surface area contributed by atoms with Crippen LogP contribution >= 0.6 is 11.8 Å². The maximum Gasteiger partial charge on any atom is 0.232 e. The highest BCUT2D eigenvalue weighted by Gasteiger charge is 2.25. The fourth-order valence-corrected chi connectivity index (χ4v) is 2.03. The third-order valence-electron chi connectivity index (χ3n) is 2.59. The summed E-state index contributed by atoms with van der Waals surface area (Å²) in [6.45, 7) is 3.79. The van der Waals surface area contributed by atoms with E-state index >= 15 is 0 Å². The van der Waals surface area contributed by atoms with Crippen molar-refractivity contribution in [3.63, 3.8) is 0 Å². The number of carbonyl (C=O) groups excluding carboxylic acids is 1. The molecule has 0 radical (unpaired) electrons. The molecule has 2 N–H and O–H groups in total. The fraction of sp³-hybridized carbons (Fsp3) is 0.889. The molecule has 1 fully saturated rings. The normalized spacial score (nSPS) is 29.0. The Bertz CT molecular complexity index is 186. The average molecular weight is 202 g/mol. The second kappa shape index (κ2) is 4.86. The van der Waals surface area contributed by atoms with Crippen LogP contribution in [0.15, 0.2) is 0 Å². The summed E-state index contributed by atoms with van der Waals surface area (Å²) in [5.74, 6) is 1.30. The van der Waals surface area contributed by atoms with E-state index in [1.165, 1.54) is 0 Å². The summed E-state index contributed by atoms with van der Waals surface area (Å²) in [4.78, 5) is 13.4. The van der Waals surface area contributed by atoms with Crippen molar-refractivity contribution in [2.75, 3.05) is 25.1 Å². The molecule has 3 nitrogen and oxygen atoms in total. The van der Waals surface area contributed by atoms with Gasteiger partial charge in [0.1, 0.15) is 0 Å². The first-order valence-electron chi connectivity index (χ1n) is 4.67. The molecule has 0 saturated carbocycles. The predicted molar refractivity (Wildman–Crippen MR) is 56.7 cm³/mol. The Hall–Kier alpha value is -0.220. The van der Waals surface area contributed by atoms with Crippen LogP contribution in [0.2, 0.25) is 0 Å². The van der Waals surface area contributed by atoms with E-state index in [0.717, 1.165) is 19.5 Å². The molecule has 1 rings (SSSR count). The largest absolute Gasteiger partial charge is 0.342 e. The van der Waals surface area contributed by atoms with Gasteiger partial charge in [0.2, 0.25) is 5.91 Å². The molecule has 1 aliphatic rings. The van der Waals surface area contributed by atoms with Gasteiger partial charge in [-0.25, -0.2) is 0 Å². The lowest BCUT2D eigenvalue weighted by Crippen LogP contribution is -2.48. The highest BCUT2D eigenvalue weighted by atomic mass is 32.2. The number of hydrogen-bond donors (Lipinski definition) is 1. The monoisotopic (exact) mass is 202 g/mol. The molecule has 4 heteroatoms.